The number of para-hydroxylation sites is 1. The predicted octanol–water partition coefficient (Wildman–Crippen LogP) is 5.06. The molecule has 1 atom stereocenters. The van der Waals surface area contributed by atoms with Crippen LogP contribution in [0.25, 0.3) is 5.69 Å². The lowest BCUT2D eigenvalue weighted by molar-refractivity contribution is 0.126. The van der Waals surface area contributed by atoms with Crippen molar-refractivity contribution in [3.8, 4) is 11.6 Å². The molecule has 0 aliphatic carbocycles. The van der Waals surface area contributed by atoms with Gasteiger partial charge in [-0.3, -0.25) is 5.32 Å². The average molecular weight is 406 g/mol. The number of aromatic nitrogens is 2. The molecule has 1 amide bonds. The zero-order valence-electron chi connectivity index (χ0n) is 17.7. The Morgan fingerprint density at radius 3 is 2.43 bits per heavy atom. The Morgan fingerprint density at radius 2 is 1.89 bits per heavy atom. The van der Waals surface area contributed by atoms with Crippen LogP contribution in [0.5, 0.6) is 5.88 Å². The van der Waals surface area contributed by atoms with Gasteiger partial charge < -0.3 is 14.3 Å². The molecule has 7 nitrogen and oxygen atoms in total. The summed E-state index contributed by atoms with van der Waals surface area (Å²) in [5.74, 6) is 0.755. The molecular weight excluding hydrogens is 374 g/mol. The van der Waals surface area contributed by atoms with Crippen LogP contribution in [0.4, 0.5) is 10.6 Å². The number of carboxylic acid groups (broad SMARTS) is 1. The number of rotatable bonds is 7. The van der Waals surface area contributed by atoms with Crippen LogP contribution in [0.15, 0.2) is 30.3 Å². The minimum atomic E-state index is -1.90. The highest BCUT2D eigenvalue weighted by Crippen LogP contribution is 2.37. The van der Waals surface area contributed by atoms with E-state index in [1.165, 1.54) is 4.68 Å². The van der Waals surface area contributed by atoms with E-state index < -0.39 is 14.4 Å². The summed E-state index contributed by atoms with van der Waals surface area (Å²) in [5.41, 5.74) is 1.38. The molecule has 0 unspecified atom stereocenters. The van der Waals surface area contributed by atoms with E-state index in [9.17, 15) is 9.90 Å². The maximum Gasteiger partial charge on any atom is 0.410 e. The molecule has 0 fully saturated rings. The van der Waals surface area contributed by atoms with Crippen LogP contribution in [0.3, 0.4) is 0 Å². The summed E-state index contributed by atoms with van der Waals surface area (Å²) >= 11 is 0. The van der Waals surface area contributed by atoms with Crippen LogP contribution >= 0.6 is 0 Å². The van der Waals surface area contributed by atoms with Gasteiger partial charge in [0.1, 0.15) is 12.4 Å². The van der Waals surface area contributed by atoms with E-state index in [-0.39, 0.29) is 11.1 Å². The molecule has 0 spiro atoms. The summed E-state index contributed by atoms with van der Waals surface area (Å²) in [6.07, 6.45) is -1.25. The standard InChI is InChI=1S/C20H31N3O4Si/c1-14(27-28(6,7)20(3,4)5)13-26-18-15(2)17(21-19(24)25)23(22-18)16-11-9-8-10-12-16/h8-12,14,21H,13H2,1-7H3,(H,24,25)/t14-/m0/s1. The van der Waals surface area contributed by atoms with Crippen molar-refractivity contribution in [2.24, 2.45) is 0 Å². The highest BCUT2D eigenvalue weighted by molar-refractivity contribution is 6.74. The molecular formula is C20H31N3O4Si. The molecule has 0 aliphatic heterocycles. The average Bonchev–Trinajstić information content (AvgIpc) is 2.88. The van der Waals surface area contributed by atoms with Crippen molar-refractivity contribution in [2.45, 2.75) is 58.9 Å². The number of hydrogen-bond acceptors (Lipinski definition) is 4. The fraction of sp³-hybridized carbons (Fsp3) is 0.500. The summed E-state index contributed by atoms with van der Waals surface area (Å²) in [7, 11) is -1.90. The Morgan fingerprint density at radius 1 is 1.29 bits per heavy atom. The minimum absolute atomic E-state index is 0.0990. The molecule has 1 aromatic heterocycles. The maximum atomic E-state index is 11.2. The number of anilines is 1. The number of ether oxygens (including phenoxy) is 1. The van der Waals surface area contributed by atoms with Crippen LogP contribution in [0, 0.1) is 6.92 Å². The molecule has 0 radical (unpaired) electrons. The van der Waals surface area contributed by atoms with E-state index in [1.807, 2.05) is 37.3 Å². The lowest BCUT2D eigenvalue weighted by Gasteiger charge is -2.38. The summed E-state index contributed by atoms with van der Waals surface area (Å²) in [6.45, 7) is 15.1. The Balaban J connectivity index is 2.20. The van der Waals surface area contributed by atoms with Gasteiger partial charge in [-0.2, -0.15) is 0 Å². The SMILES string of the molecule is Cc1c(OC[C@H](C)O[Si](C)(C)C(C)(C)C)nn(-c2ccccc2)c1NC(=O)O. The first-order valence-corrected chi connectivity index (χ1v) is 12.3. The van der Waals surface area contributed by atoms with E-state index >= 15 is 0 Å². The van der Waals surface area contributed by atoms with E-state index in [1.54, 1.807) is 6.92 Å². The second kappa shape index (κ2) is 8.36. The van der Waals surface area contributed by atoms with Crippen LogP contribution in [-0.4, -0.2) is 42.0 Å². The van der Waals surface area contributed by atoms with Crippen LogP contribution < -0.4 is 10.1 Å². The molecule has 0 aliphatic rings. The highest BCUT2D eigenvalue weighted by Gasteiger charge is 2.38. The monoisotopic (exact) mass is 405 g/mol. The fourth-order valence-electron chi connectivity index (χ4n) is 2.53. The van der Waals surface area contributed by atoms with Crippen molar-refractivity contribution < 1.29 is 19.1 Å². The topological polar surface area (TPSA) is 85.6 Å². The fourth-order valence-corrected chi connectivity index (χ4v) is 3.95. The number of benzene rings is 1. The van der Waals surface area contributed by atoms with Crippen molar-refractivity contribution in [3.05, 3.63) is 35.9 Å². The zero-order chi connectivity index (χ0) is 21.1. The first kappa shape index (κ1) is 22.0. The molecule has 28 heavy (non-hydrogen) atoms. The largest absolute Gasteiger partial charge is 0.474 e. The summed E-state index contributed by atoms with van der Waals surface area (Å²) in [6, 6.07) is 9.33. The van der Waals surface area contributed by atoms with Gasteiger partial charge in [-0.25, -0.2) is 9.48 Å². The third-order valence-corrected chi connectivity index (χ3v) is 9.67. The lowest BCUT2D eigenvalue weighted by atomic mass is 10.2. The number of nitrogens with zero attached hydrogens (tertiary/aromatic N) is 2. The molecule has 2 rings (SSSR count). The van der Waals surface area contributed by atoms with Crippen molar-refractivity contribution in [3.63, 3.8) is 0 Å². The first-order valence-electron chi connectivity index (χ1n) is 9.38. The Hall–Kier alpha value is -2.32. The van der Waals surface area contributed by atoms with Crippen LogP contribution in [-0.2, 0) is 4.43 Å². The number of carbonyl (C=O) groups is 1. The molecule has 0 saturated heterocycles. The molecule has 1 heterocycles. The summed E-state index contributed by atoms with van der Waals surface area (Å²) in [5, 5.41) is 16.2. The Labute approximate surface area is 167 Å². The van der Waals surface area contributed by atoms with E-state index in [2.05, 4.69) is 44.3 Å². The van der Waals surface area contributed by atoms with Gasteiger partial charge in [0.15, 0.2) is 8.32 Å². The third kappa shape index (κ3) is 5.14. The van der Waals surface area contributed by atoms with E-state index in [4.69, 9.17) is 9.16 Å². The van der Waals surface area contributed by atoms with E-state index in [0.29, 0.717) is 23.9 Å². The zero-order valence-corrected chi connectivity index (χ0v) is 18.7. The van der Waals surface area contributed by atoms with Gasteiger partial charge >= 0.3 is 6.09 Å². The van der Waals surface area contributed by atoms with Gasteiger partial charge in [0, 0.05) is 0 Å². The van der Waals surface area contributed by atoms with Crippen molar-refractivity contribution >= 4 is 20.2 Å². The summed E-state index contributed by atoms with van der Waals surface area (Å²) < 4.78 is 13.8. The highest BCUT2D eigenvalue weighted by atomic mass is 28.4. The Kier molecular flexibility index (Phi) is 6.56. The van der Waals surface area contributed by atoms with Gasteiger partial charge in [0.25, 0.3) is 0 Å². The minimum Gasteiger partial charge on any atom is -0.474 e. The van der Waals surface area contributed by atoms with Crippen molar-refractivity contribution in [2.75, 3.05) is 11.9 Å². The van der Waals surface area contributed by atoms with Crippen molar-refractivity contribution in [1.29, 1.82) is 0 Å². The molecule has 1 aromatic carbocycles. The van der Waals surface area contributed by atoms with Crippen LogP contribution in [0.1, 0.15) is 33.3 Å². The Bertz CT molecular complexity index is 813. The molecule has 2 aromatic rings. The van der Waals surface area contributed by atoms with Gasteiger partial charge in [0.2, 0.25) is 5.88 Å². The third-order valence-electron chi connectivity index (χ3n) is 5.06. The number of nitrogens with one attached hydrogen (secondary N) is 1. The second-order valence-electron chi connectivity index (χ2n) is 8.46. The quantitative estimate of drug-likeness (QED) is 0.629. The molecule has 0 bridgehead atoms. The van der Waals surface area contributed by atoms with Gasteiger partial charge in [-0.15, -0.1) is 5.10 Å². The normalized spacial score (nSPS) is 13.2. The number of hydrogen-bond donors (Lipinski definition) is 2. The maximum absolute atomic E-state index is 11.2. The van der Waals surface area contributed by atoms with E-state index in [0.717, 1.165) is 5.69 Å². The van der Waals surface area contributed by atoms with Crippen molar-refractivity contribution in [1.82, 2.24) is 9.78 Å². The number of amides is 1. The molecule has 0 saturated carbocycles. The molecule has 154 valence electrons. The predicted molar refractivity (Wildman–Crippen MR) is 113 cm³/mol. The first-order chi connectivity index (χ1) is 12.9. The van der Waals surface area contributed by atoms with Gasteiger partial charge in [-0.05, 0) is 44.1 Å². The molecule has 2 N–H and O–H groups in total. The smallest absolute Gasteiger partial charge is 0.410 e. The summed E-state index contributed by atoms with van der Waals surface area (Å²) in [4.78, 5) is 11.2. The lowest BCUT2D eigenvalue weighted by Crippen LogP contribution is -2.44. The van der Waals surface area contributed by atoms with Crippen LogP contribution in [0.2, 0.25) is 18.1 Å². The van der Waals surface area contributed by atoms with Gasteiger partial charge in [0.05, 0.1) is 17.4 Å². The molecule has 8 heteroatoms. The van der Waals surface area contributed by atoms with Gasteiger partial charge in [-0.1, -0.05) is 39.0 Å². The second-order valence-corrected chi connectivity index (χ2v) is 13.2.